The molecule has 0 aromatic heterocycles. The standard InChI is InChI=1S/C16H32O2/c1-12(2)10-14(4)15(17)18-9-8-13(3)11-16(5,6)7/h12-14H,8-11H2,1-7H3. The largest absolute Gasteiger partial charge is 0.465 e. The Kier molecular flexibility index (Phi) is 7.58. The van der Waals surface area contributed by atoms with E-state index in [0.717, 1.165) is 12.8 Å². The Hall–Kier alpha value is -0.530. The van der Waals surface area contributed by atoms with E-state index in [1.54, 1.807) is 0 Å². The lowest BCUT2D eigenvalue weighted by atomic mass is 9.84. The Balaban J connectivity index is 3.80. The van der Waals surface area contributed by atoms with Gasteiger partial charge in [0.2, 0.25) is 0 Å². The Morgan fingerprint density at radius 3 is 2.11 bits per heavy atom. The monoisotopic (exact) mass is 256 g/mol. The molecule has 0 heterocycles. The molecule has 2 unspecified atom stereocenters. The lowest BCUT2D eigenvalue weighted by Gasteiger charge is -2.23. The van der Waals surface area contributed by atoms with Gasteiger partial charge in [-0.2, -0.15) is 0 Å². The number of carbonyl (C=O) groups excluding carboxylic acids is 1. The molecule has 2 nitrogen and oxygen atoms in total. The van der Waals surface area contributed by atoms with Gasteiger partial charge in [0.15, 0.2) is 0 Å². The lowest BCUT2D eigenvalue weighted by Crippen LogP contribution is -2.19. The van der Waals surface area contributed by atoms with Crippen molar-refractivity contribution in [3.63, 3.8) is 0 Å². The van der Waals surface area contributed by atoms with Gasteiger partial charge in [-0.15, -0.1) is 0 Å². The quantitative estimate of drug-likeness (QED) is 0.618. The Morgan fingerprint density at radius 1 is 1.11 bits per heavy atom. The van der Waals surface area contributed by atoms with Crippen molar-refractivity contribution < 1.29 is 9.53 Å². The fourth-order valence-corrected chi connectivity index (χ4v) is 2.45. The van der Waals surface area contributed by atoms with E-state index >= 15 is 0 Å². The number of esters is 1. The average molecular weight is 256 g/mol. The van der Waals surface area contributed by atoms with Crippen molar-refractivity contribution in [2.24, 2.45) is 23.2 Å². The van der Waals surface area contributed by atoms with Gasteiger partial charge in [-0.25, -0.2) is 0 Å². The van der Waals surface area contributed by atoms with Gasteiger partial charge in [0, 0.05) is 0 Å². The molecular weight excluding hydrogens is 224 g/mol. The molecule has 0 radical (unpaired) electrons. The molecule has 0 fully saturated rings. The van der Waals surface area contributed by atoms with Gasteiger partial charge >= 0.3 is 5.97 Å². The van der Waals surface area contributed by atoms with E-state index in [-0.39, 0.29) is 11.9 Å². The molecule has 0 aromatic rings. The van der Waals surface area contributed by atoms with Crippen molar-refractivity contribution in [1.82, 2.24) is 0 Å². The highest BCUT2D eigenvalue weighted by Gasteiger charge is 2.18. The summed E-state index contributed by atoms with van der Waals surface area (Å²) in [7, 11) is 0. The molecule has 0 N–H and O–H groups in total. The summed E-state index contributed by atoms with van der Waals surface area (Å²) in [5.41, 5.74) is 0.356. The van der Waals surface area contributed by atoms with Crippen molar-refractivity contribution in [2.45, 2.75) is 67.7 Å². The molecular formula is C16H32O2. The van der Waals surface area contributed by atoms with Crippen molar-refractivity contribution >= 4 is 5.97 Å². The summed E-state index contributed by atoms with van der Waals surface area (Å²) in [6, 6.07) is 0. The maximum absolute atomic E-state index is 11.7. The predicted molar refractivity (Wildman–Crippen MR) is 77.4 cm³/mol. The fourth-order valence-electron chi connectivity index (χ4n) is 2.45. The zero-order valence-corrected chi connectivity index (χ0v) is 13.4. The van der Waals surface area contributed by atoms with Crippen LogP contribution < -0.4 is 0 Å². The Labute approximate surface area is 113 Å². The molecule has 0 aliphatic rings. The van der Waals surface area contributed by atoms with Gasteiger partial charge in [0.05, 0.1) is 12.5 Å². The van der Waals surface area contributed by atoms with Crippen LogP contribution in [0.1, 0.15) is 67.7 Å². The van der Waals surface area contributed by atoms with E-state index in [2.05, 4.69) is 41.5 Å². The predicted octanol–water partition coefficient (Wildman–Crippen LogP) is 4.67. The van der Waals surface area contributed by atoms with E-state index in [0.29, 0.717) is 23.9 Å². The van der Waals surface area contributed by atoms with Crippen LogP contribution in [0.3, 0.4) is 0 Å². The van der Waals surface area contributed by atoms with Gasteiger partial charge in [-0.1, -0.05) is 48.5 Å². The van der Waals surface area contributed by atoms with E-state index in [4.69, 9.17) is 4.74 Å². The SMILES string of the molecule is CC(C)CC(C)C(=O)OCCC(C)CC(C)(C)C. The van der Waals surface area contributed by atoms with Crippen LogP contribution in [0.2, 0.25) is 0 Å². The first kappa shape index (κ1) is 17.5. The summed E-state index contributed by atoms with van der Waals surface area (Å²) in [5, 5.41) is 0. The molecule has 18 heavy (non-hydrogen) atoms. The lowest BCUT2D eigenvalue weighted by molar-refractivity contribution is -0.148. The van der Waals surface area contributed by atoms with Crippen LogP contribution in [0.15, 0.2) is 0 Å². The van der Waals surface area contributed by atoms with Crippen molar-refractivity contribution in [1.29, 1.82) is 0 Å². The molecule has 108 valence electrons. The van der Waals surface area contributed by atoms with Gasteiger partial charge in [-0.3, -0.25) is 4.79 Å². The molecule has 0 amide bonds. The molecule has 0 spiro atoms. The Morgan fingerprint density at radius 2 is 1.67 bits per heavy atom. The van der Waals surface area contributed by atoms with Gasteiger partial charge in [-0.05, 0) is 36.5 Å². The summed E-state index contributed by atoms with van der Waals surface area (Å²) in [5.74, 6) is 1.15. The molecule has 0 saturated heterocycles. The molecule has 0 saturated carbocycles. The third-order valence-electron chi connectivity index (χ3n) is 3.04. The normalized spacial score (nSPS) is 15.6. The third kappa shape index (κ3) is 9.49. The van der Waals surface area contributed by atoms with Crippen LogP contribution in [0.5, 0.6) is 0 Å². The minimum absolute atomic E-state index is 0.0305. The van der Waals surface area contributed by atoms with Crippen molar-refractivity contribution in [3.8, 4) is 0 Å². The van der Waals surface area contributed by atoms with Crippen molar-refractivity contribution in [3.05, 3.63) is 0 Å². The molecule has 0 rings (SSSR count). The highest BCUT2D eigenvalue weighted by atomic mass is 16.5. The van der Waals surface area contributed by atoms with Gasteiger partial charge in [0.1, 0.15) is 0 Å². The van der Waals surface area contributed by atoms with Crippen LogP contribution in [0, 0.1) is 23.2 Å². The summed E-state index contributed by atoms with van der Waals surface area (Å²) in [6.07, 6.45) is 3.06. The number of carbonyl (C=O) groups is 1. The van der Waals surface area contributed by atoms with Gasteiger partial charge < -0.3 is 4.74 Å². The summed E-state index contributed by atoms with van der Waals surface area (Å²) < 4.78 is 5.35. The first-order chi connectivity index (χ1) is 8.11. The maximum Gasteiger partial charge on any atom is 0.308 e. The smallest absolute Gasteiger partial charge is 0.308 e. The van der Waals surface area contributed by atoms with E-state index in [1.165, 1.54) is 6.42 Å². The molecule has 0 aliphatic carbocycles. The van der Waals surface area contributed by atoms with E-state index in [9.17, 15) is 4.79 Å². The molecule has 0 bridgehead atoms. The van der Waals surface area contributed by atoms with E-state index in [1.807, 2.05) is 6.92 Å². The second-order valence-corrected chi connectivity index (χ2v) is 7.36. The fraction of sp³-hybridized carbons (Fsp3) is 0.938. The second kappa shape index (κ2) is 7.81. The number of hydrogen-bond acceptors (Lipinski definition) is 2. The summed E-state index contributed by atoms with van der Waals surface area (Å²) in [6.45, 7) is 15.8. The minimum Gasteiger partial charge on any atom is -0.465 e. The molecule has 2 heteroatoms. The average Bonchev–Trinajstić information content (AvgIpc) is 2.13. The maximum atomic E-state index is 11.7. The highest BCUT2D eigenvalue weighted by Crippen LogP contribution is 2.25. The zero-order valence-electron chi connectivity index (χ0n) is 13.4. The minimum atomic E-state index is -0.0355. The number of ether oxygens (including phenoxy) is 1. The summed E-state index contributed by atoms with van der Waals surface area (Å²) >= 11 is 0. The first-order valence-corrected chi connectivity index (χ1v) is 7.28. The Bertz CT molecular complexity index is 238. The highest BCUT2D eigenvalue weighted by molar-refractivity contribution is 5.71. The molecule has 0 aliphatic heterocycles. The van der Waals surface area contributed by atoms with Crippen LogP contribution in [0.4, 0.5) is 0 Å². The third-order valence-corrected chi connectivity index (χ3v) is 3.04. The van der Waals surface area contributed by atoms with Crippen LogP contribution in [0.25, 0.3) is 0 Å². The van der Waals surface area contributed by atoms with Crippen LogP contribution >= 0.6 is 0 Å². The van der Waals surface area contributed by atoms with Crippen LogP contribution in [-0.2, 0) is 9.53 Å². The second-order valence-electron chi connectivity index (χ2n) is 7.36. The zero-order chi connectivity index (χ0) is 14.3. The number of rotatable bonds is 7. The topological polar surface area (TPSA) is 26.3 Å². The van der Waals surface area contributed by atoms with E-state index < -0.39 is 0 Å². The van der Waals surface area contributed by atoms with Gasteiger partial charge in [0.25, 0.3) is 0 Å². The summed E-state index contributed by atoms with van der Waals surface area (Å²) in [4.78, 5) is 11.7. The number of hydrogen-bond donors (Lipinski definition) is 0. The van der Waals surface area contributed by atoms with Crippen molar-refractivity contribution in [2.75, 3.05) is 6.61 Å². The molecule has 0 aromatic carbocycles. The van der Waals surface area contributed by atoms with Crippen LogP contribution in [-0.4, -0.2) is 12.6 Å². The first-order valence-electron chi connectivity index (χ1n) is 7.28. The molecule has 2 atom stereocenters.